The lowest BCUT2D eigenvalue weighted by atomic mass is 9.85. The van der Waals surface area contributed by atoms with Gasteiger partial charge < -0.3 is 0 Å². The second-order valence-corrected chi connectivity index (χ2v) is 4.33. The van der Waals surface area contributed by atoms with Crippen LogP contribution in [0.5, 0.6) is 0 Å². The molecule has 0 unspecified atom stereocenters. The number of fused-ring (bicyclic) bond motifs is 1. The summed E-state index contributed by atoms with van der Waals surface area (Å²) in [5.74, 6) is 0. The van der Waals surface area contributed by atoms with Gasteiger partial charge in [-0.1, -0.05) is 20.8 Å². The highest BCUT2D eigenvalue weighted by molar-refractivity contribution is 5.51. The molecule has 0 saturated carbocycles. The third-order valence-electron chi connectivity index (χ3n) is 2.25. The molecule has 0 bridgehead atoms. The van der Waals surface area contributed by atoms with Gasteiger partial charge in [-0.25, -0.2) is 0 Å². The molecule has 1 aromatic heterocycles. The minimum Gasteiger partial charge on any atom is -0.262 e. The van der Waals surface area contributed by atoms with Crippen LogP contribution < -0.4 is 0 Å². The molecule has 0 spiro atoms. The van der Waals surface area contributed by atoms with Crippen LogP contribution >= 0.6 is 0 Å². The second kappa shape index (κ2) is 2.62. The third-order valence-corrected chi connectivity index (χ3v) is 2.25. The molecule has 68 valence electrons. The molecule has 0 aromatic carbocycles. The summed E-state index contributed by atoms with van der Waals surface area (Å²) in [5, 5.41) is 8.05. The number of azo groups is 1. The molecule has 0 amide bonds. The molecule has 0 aliphatic carbocycles. The van der Waals surface area contributed by atoms with Gasteiger partial charge in [-0.05, 0) is 11.0 Å². The molecular formula is C10H13N3. The SMILES string of the molecule is CC(C)(C)c1cncc2c1CN=N2. The molecule has 1 aromatic rings. The Bertz CT molecular complexity index is 361. The summed E-state index contributed by atoms with van der Waals surface area (Å²) in [6.07, 6.45) is 3.70. The molecule has 0 atom stereocenters. The zero-order chi connectivity index (χ0) is 9.47. The largest absolute Gasteiger partial charge is 0.262 e. The molecular weight excluding hydrogens is 162 g/mol. The van der Waals surface area contributed by atoms with Crippen molar-refractivity contribution in [2.24, 2.45) is 10.2 Å². The summed E-state index contributed by atoms with van der Waals surface area (Å²) in [5.41, 5.74) is 3.57. The lowest BCUT2D eigenvalue weighted by Crippen LogP contribution is -2.13. The van der Waals surface area contributed by atoms with E-state index in [0.29, 0.717) is 6.54 Å². The molecule has 0 fully saturated rings. The standard InChI is InChI=1S/C10H13N3/c1-10(2,3)8-5-11-6-9-7(8)4-12-13-9/h5-6H,4H2,1-3H3. The highest BCUT2D eigenvalue weighted by Crippen LogP contribution is 2.34. The van der Waals surface area contributed by atoms with Crippen LogP contribution in [-0.4, -0.2) is 4.98 Å². The van der Waals surface area contributed by atoms with Crippen LogP contribution in [0.4, 0.5) is 5.69 Å². The highest BCUT2D eigenvalue weighted by atomic mass is 15.1. The Morgan fingerprint density at radius 3 is 2.69 bits per heavy atom. The Kier molecular flexibility index (Phi) is 1.68. The maximum Gasteiger partial charge on any atom is 0.109 e. The molecule has 3 heteroatoms. The molecule has 2 rings (SSSR count). The summed E-state index contributed by atoms with van der Waals surface area (Å²) in [7, 11) is 0. The van der Waals surface area contributed by atoms with Crippen LogP contribution in [0.2, 0.25) is 0 Å². The van der Waals surface area contributed by atoms with Crippen molar-refractivity contribution in [2.45, 2.75) is 32.7 Å². The van der Waals surface area contributed by atoms with Crippen LogP contribution in [0, 0.1) is 0 Å². The summed E-state index contributed by atoms with van der Waals surface area (Å²) in [6, 6.07) is 0. The van der Waals surface area contributed by atoms with Crippen LogP contribution in [-0.2, 0) is 12.0 Å². The van der Waals surface area contributed by atoms with Crippen LogP contribution in [0.1, 0.15) is 31.9 Å². The molecule has 13 heavy (non-hydrogen) atoms. The van der Waals surface area contributed by atoms with Crippen molar-refractivity contribution in [1.29, 1.82) is 0 Å². The van der Waals surface area contributed by atoms with E-state index in [-0.39, 0.29) is 5.41 Å². The first-order valence-corrected chi connectivity index (χ1v) is 4.44. The minimum atomic E-state index is 0.133. The van der Waals surface area contributed by atoms with E-state index in [9.17, 15) is 0 Å². The average Bonchev–Trinajstić information content (AvgIpc) is 2.48. The number of hydrogen-bond donors (Lipinski definition) is 0. The van der Waals surface area contributed by atoms with Gasteiger partial charge in [0.05, 0.1) is 12.7 Å². The first kappa shape index (κ1) is 8.35. The smallest absolute Gasteiger partial charge is 0.109 e. The van der Waals surface area contributed by atoms with Gasteiger partial charge in [0.15, 0.2) is 0 Å². The maximum atomic E-state index is 4.17. The minimum absolute atomic E-state index is 0.133. The zero-order valence-corrected chi connectivity index (χ0v) is 8.20. The van der Waals surface area contributed by atoms with E-state index in [1.807, 2.05) is 6.20 Å². The molecule has 0 radical (unpaired) electrons. The van der Waals surface area contributed by atoms with Gasteiger partial charge in [0.25, 0.3) is 0 Å². The third kappa shape index (κ3) is 1.34. The first-order valence-electron chi connectivity index (χ1n) is 4.44. The van der Waals surface area contributed by atoms with E-state index in [0.717, 1.165) is 5.69 Å². The fraction of sp³-hybridized carbons (Fsp3) is 0.500. The molecule has 1 aliphatic rings. The Morgan fingerprint density at radius 2 is 2.00 bits per heavy atom. The van der Waals surface area contributed by atoms with Crippen molar-refractivity contribution < 1.29 is 0 Å². The zero-order valence-electron chi connectivity index (χ0n) is 8.20. The Labute approximate surface area is 77.9 Å². The summed E-state index contributed by atoms with van der Waals surface area (Å²) < 4.78 is 0. The van der Waals surface area contributed by atoms with Crippen molar-refractivity contribution in [3.05, 3.63) is 23.5 Å². The van der Waals surface area contributed by atoms with E-state index in [2.05, 4.69) is 36.0 Å². The van der Waals surface area contributed by atoms with Gasteiger partial charge in [-0.2, -0.15) is 10.2 Å². The van der Waals surface area contributed by atoms with Gasteiger partial charge in [0, 0.05) is 11.8 Å². The molecule has 1 aliphatic heterocycles. The van der Waals surface area contributed by atoms with E-state index in [1.54, 1.807) is 6.20 Å². The van der Waals surface area contributed by atoms with Crippen LogP contribution in [0.3, 0.4) is 0 Å². The van der Waals surface area contributed by atoms with Crippen LogP contribution in [0.25, 0.3) is 0 Å². The number of rotatable bonds is 0. The van der Waals surface area contributed by atoms with Crippen molar-refractivity contribution in [1.82, 2.24) is 4.98 Å². The molecule has 3 nitrogen and oxygen atoms in total. The van der Waals surface area contributed by atoms with Crippen molar-refractivity contribution in [3.8, 4) is 0 Å². The fourth-order valence-corrected chi connectivity index (χ4v) is 1.56. The van der Waals surface area contributed by atoms with Gasteiger partial charge >= 0.3 is 0 Å². The predicted molar refractivity (Wildman–Crippen MR) is 51.2 cm³/mol. The normalized spacial score (nSPS) is 14.7. The van der Waals surface area contributed by atoms with Gasteiger partial charge in [0.1, 0.15) is 5.69 Å². The number of pyridine rings is 1. The first-order chi connectivity index (χ1) is 6.09. The quantitative estimate of drug-likeness (QED) is 0.597. The van der Waals surface area contributed by atoms with Crippen molar-refractivity contribution >= 4 is 5.69 Å². The maximum absolute atomic E-state index is 4.17. The second-order valence-electron chi connectivity index (χ2n) is 4.33. The molecule has 0 saturated heterocycles. The van der Waals surface area contributed by atoms with Gasteiger partial charge in [-0.15, -0.1) is 0 Å². The lowest BCUT2D eigenvalue weighted by molar-refractivity contribution is 0.581. The summed E-state index contributed by atoms with van der Waals surface area (Å²) >= 11 is 0. The van der Waals surface area contributed by atoms with Gasteiger partial charge in [-0.3, -0.25) is 4.98 Å². The monoisotopic (exact) mass is 175 g/mol. The highest BCUT2D eigenvalue weighted by Gasteiger charge is 2.22. The summed E-state index contributed by atoms with van der Waals surface area (Å²) in [4.78, 5) is 4.17. The van der Waals surface area contributed by atoms with E-state index in [4.69, 9.17) is 0 Å². The Morgan fingerprint density at radius 1 is 1.23 bits per heavy atom. The number of hydrogen-bond acceptors (Lipinski definition) is 3. The fourth-order valence-electron chi connectivity index (χ4n) is 1.56. The topological polar surface area (TPSA) is 37.6 Å². The molecule has 0 N–H and O–H groups in total. The predicted octanol–water partition coefficient (Wildman–Crippen LogP) is 2.98. The lowest BCUT2D eigenvalue weighted by Gasteiger charge is -2.20. The van der Waals surface area contributed by atoms with Crippen LogP contribution in [0.15, 0.2) is 22.6 Å². The molecule has 2 heterocycles. The average molecular weight is 175 g/mol. The van der Waals surface area contributed by atoms with E-state index < -0.39 is 0 Å². The number of nitrogens with zero attached hydrogens (tertiary/aromatic N) is 3. The van der Waals surface area contributed by atoms with Gasteiger partial charge in [0.2, 0.25) is 0 Å². The summed E-state index contributed by atoms with van der Waals surface area (Å²) in [6.45, 7) is 7.26. The van der Waals surface area contributed by atoms with Crippen molar-refractivity contribution in [2.75, 3.05) is 0 Å². The Hall–Kier alpha value is -1.25. The Balaban J connectivity index is 2.57. The van der Waals surface area contributed by atoms with E-state index >= 15 is 0 Å². The van der Waals surface area contributed by atoms with E-state index in [1.165, 1.54) is 11.1 Å². The van der Waals surface area contributed by atoms with Crippen molar-refractivity contribution in [3.63, 3.8) is 0 Å². The number of aromatic nitrogens is 1.